The van der Waals surface area contributed by atoms with Gasteiger partial charge in [0.05, 0.1) is 19.5 Å². The predicted octanol–water partition coefficient (Wildman–Crippen LogP) is 3.98. The molecule has 1 unspecified atom stereocenters. The van der Waals surface area contributed by atoms with Crippen molar-refractivity contribution in [1.82, 2.24) is 19.5 Å². The second kappa shape index (κ2) is 15.5. The van der Waals surface area contributed by atoms with Crippen molar-refractivity contribution in [2.75, 3.05) is 19.0 Å². The molecule has 36 heavy (non-hydrogen) atoms. The van der Waals surface area contributed by atoms with Gasteiger partial charge in [0.2, 0.25) is 5.91 Å². The number of terminal acetylenes is 1. The normalized spacial score (nSPS) is 13.9. The lowest BCUT2D eigenvalue weighted by atomic mass is 9.98. The highest BCUT2D eigenvalue weighted by Crippen LogP contribution is 2.22. The van der Waals surface area contributed by atoms with Gasteiger partial charge in [0.1, 0.15) is 6.10 Å². The van der Waals surface area contributed by atoms with Crippen LogP contribution in [0.4, 0.5) is 10.2 Å². The molecular weight excluding hydrogens is 465 g/mol. The summed E-state index contributed by atoms with van der Waals surface area (Å²) in [4.78, 5) is 24.0. The van der Waals surface area contributed by atoms with Crippen LogP contribution in [-0.4, -0.2) is 61.1 Å². The molecule has 200 valence electrons. The highest BCUT2D eigenvalue weighted by molar-refractivity contribution is 5.96. The van der Waals surface area contributed by atoms with E-state index in [9.17, 15) is 19.4 Å². The Morgan fingerprint density at radius 2 is 1.78 bits per heavy atom. The maximum Gasteiger partial charge on any atom is 0.312 e. The average Bonchev–Trinajstić information content (AvgIpc) is 3.26. The van der Waals surface area contributed by atoms with E-state index in [0.717, 1.165) is 19.3 Å². The molecule has 0 aromatic carbocycles. The highest BCUT2D eigenvalue weighted by atomic mass is 19.1. The van der Waals surface area contributed by atoms with Gasteiger partial charge in [-0.25, -0.2) is 4.98 Å². The van der Waals surface area contributed by atoms with Crippen LogP contribution in [0, 0.1) is 18.4 Å². The lowest BCUT2D eigenvalue weighted by Crippen LogP contribution is -2.48. The van der Waals surface area contributed by atoms with Crippen LogP contribution >= 0.6 is 0 Å². The van der Waals surface area contributed by atoms with Gasteiger partial charge in [0.15, 0.2) is 22.6 Å². The van der Waals surface area contributed by atoms with Crippen molar-refractivity contribution in [2.45, 2.75) is 102 Å². The van der Waals surface area contributed by atoms with Crippen LogP contribution in [0.1, 0.15) is 84.0 Å². The number of hydrogen-bond acceptors (Lipinski definition) is 7. The van der Waals surface area contributed by atoms with Crippen molar-refractivity contribution in [1.29, 1.82) is 0 Å². The number of rotatable bonds is 18. The van der Waals surface area contributed by atoms with Crippen LogP contribution in [0.2, 0.25) is 0 Å². The van der Waals surface area contributed by atoms with E-state index in [1.54, 1.807) is 0 Å². The number of nitrogens with zero attached hydrogens (tertiary/aromatic N) is 4. The highest BCUT2D eigenvalue weighted by Gasteiger charge is 2.36. The lowest BCUT2D eigenvalue weighted by molar-refractivity contribution is -0.116. The first kappa shape index (κ1) is 29.6. The lowest BCUT2D eigenvalue weighted by Gasteiger charge is -2.30. The number of methoxy groups -OCH3 is 1. The van der Waals surface area contributed by atoms with Crippen LogP contribution in [-0.2, 0) is 16.1 Å². The summed E-state index contributed by atoms with van der Waals surface area (Å²) < 4.78 is 20.6. The van der Waals surface area contributed by atoms with Crippen LogP contribution in [0.5, 0.6) is 0 Å². The molecule has 2 rings (SSSR count). The Morgan fingerprint density at radius 1 is 1.17 bits per heavy atom. The van der Waals surface area contributed by atoms with Gasteiger partial charge in [-0.3, -0.25) is 4.79 Å². The van der Waals surface area contributed by atoms with Crippen molar-refractivity contribution < 1.29 is 24.1 Å². The Bertz CT molecular complexity index is 987. The number of carbonyl (C=O) groups is 1. The quantitative estimate of drug-likeness (QED) is 0.159. The largest absolute Gasteiger partial charge is 0.392 e. The number of nitrogens with one attached hydrogen (secondary N) is 1. The number of unbranched alkanes of at least 4 members (excludes halogenated alkanes) is 10. The fourth-order valence-corrected chi connectivity index (χ4v) is 4.12. The number of aliphatic hydroxyl groups is 2. The minimum absolute atomic E-state index is 0.0316. The number of fused-ring (bicyclic) bond motifs is 1. The van der Waals surface area contributed by atoms with Crippen LogP contribution in [0.3, 0.4) is 0 Å². The van der Waals surface area contributed by atoms with Crippen molar-refractivity contribution in [3.8, 4) is 12.3 Å². The summed E-state index contributed by atoms with van der Waals surface area (Å²) in [6, 6.07) is 0. The average molecular weight is 506 g/mol. The van der Waals surface area contributed by atoms with Crippen molar-refractivity contribution in [3.63, 3.8) is 0 Å². The number of carbonyl (C=O) groups excluding carboxylic acids is 1. The van der Waals surface area contributed by atoms with E-state index in [1.807, 2.05) is 0 Å². The molecule has 2 heterocycles. The number of anilines is 1. The maximum absolute atomic E-state index is 14.1. The molecule has 0 bridgehead atoms. The molecule has 0 fully saturated rings. The number of aliphatic hydroxyl groups excluding tert-OH is 2. The van der Waals surface area contributed by atoms with Crippen LogP contribution < -0.4 is 5.32 Å². The van der Waals surface area contributed by atoms with E-state index >= 15 is 0 Å². The summed E-state index contributed by atoms with van der Waals surface area (Å²) in [5.74, 6) is 1.95. The Labute approximate surface area is 212 Å². The molecule has 0 spiro atoms. The van der Waals surface area contributed by atoms with Gasteiger partial charge in [0, 0.05) is 13.5 Å². The number of amides is 1. The van der Waals surface area contributed by atoms with E-state index in [2.05, 4.69) is 33.1 Å². The minimum Gasteiger partial charge on any atom is -0.392 e. The maximum atomic E-state index is 14.1. The number of aromatic nitrogens is 4. The first-order valence-corrected chi connectivity index (χ1v) is 12.9. The summed E-state index contributed by atoms with van der Waals surface area (Å²) in [6.07, 6.45) is 17.7. The Balaban J connectivity index is 1.85. The molecule has 0 aliphatic rings. The van der Waals surface area contributed by atoms with E-state index in [-0.39, 0.29) is 29.4 Å². The van der Waals surface area contributed by atoms with Crippen molar-refractivity contribution in [3.05, 3.63) is 12.4 Å². The predicted molar refractivity (Wildman–Crippen MR) is 137 cm³/mol. The van der Waals surface area contributed by atoms with E-state index < -0.39 is 24.4 Å². The fraction of sp³-hybridized carbons (Fsp3) is 0.692. The molecule has 10 heteroatoms. The van der Waals surface area contributed by atoms with Gasteiger partial charge < -0.3 is 24.8 Å². The topological polar surface area (TPSA) is 122 Å². The molecular formula is C26H40FN5O4. The number of imidazole rings is 1. The van der Waals surface area contributed by atoms with Gasteiger partial charge >= 0.3 is 6.08 Å². The third-order valence-electron chi connectivity index (χ3n) is 6.45. The molecule has 1 amide bonds. The van der Waals surface area contributed by atoms with Gasteiger partial charge in [-0.05, 0) is 6.42 Å². The summed E-state index contributed by atoms with van der Waals surface area (Å²) in [7, 11) is 1.27. The molecule has 2 atom stereocenters. The van der Waals surface area contributed by atoms with Crippen molar-refractivity contribution >= 4 is 22.9 Å². The first-order valence-electron chi connectivity index (χ1n) is 12.9. The molecule has 9 nitrogen and oxygen atoms in total. The molecule has 2 aromatic rings. The second-order valence-corrected chi connectivity index (χ2v) is 9.16. The number of halogens is 1. The minimum atomic E-state index is -1.63. The van der Waals surface area contributed by atoms with Gasteiger partial charge in [-0.2, -0.15) is 14.4 Å². The molecule has 3 N–H and O–H groups in total. The Hall–Kier alpha value is -2.61. The third kappa shape index (κ3) is 8.50. The zero-order valence-corrected chi connectivity index (χ0v) is 21.5. The smallest absolute Gasteiger partial charge is 0.312 e. The molecule has 0 radical (unpaired) electrons. The molecule has 0 saturated heterocycles. The number of ether oxygens (including phenoxy) is 1. The Morgan fingerprint density at radius 3 is 2.33 bits per heavy atom. The summed E-state index contributed by atoms with van der Waals surface area (Å²) in [5.41, 5.74) is -1.37. The Kier molecular flexibility index (Phi) is 12.7. The summed E-state index contributed by atoms with van der Waals surface area (Å²) in [5, 5.41) is 22.7. The molecule has 0 aliphatic carbocycles. The van der Waals surface area contributed by atoms with Gasteiger partial charge in [0.25, 0.3) is 0 Å². The third-order valence-corrected chi connectivity index (χ3v) is 6.45. The van der Waals surface area contributed by atoms with E-state index in [4.69, 9.17) is 11.2 Å². The monoisotopic (exact) mass is 505 g/mol. The SMILES string of the molecule is C#CC(CO)(OC)[C@@H](O)Cn1cnc2c(NC(=O)CCCCCCCCCCCCC)nc(F)nc21. The zero-order chi connectivity index (χ0) is 26.4. The van der Waals surface area contributed by atoms with Crippen LogP contribution in [0.15, 0.2) is 6.33 Å². The fourth-order valence-electron chi connectivity index (χ4n) is 4.12. The molecule has 2 aromatic heterocycles. The molecule has 0 aliphatic heterocycles. The first-order chi connectivity index (χ1) is 17.4. The summed E-state index contributed by atoms with van der Waals surface area (Å²) in [6.45, 7) is 1.44. The standard InChI is InChI=1S/C26H40FN5O4/c1-4-6-7-8-9-10-11-12-13-14-15-16-21(35)29-23-22-24(31-25(27)30-23)32(19-28-22)17-20(34)26(5-2,18-33)36-3/h2,19-20,33-34H,4,6-18H2,1,3H3,(H,29,30,31,35)/t20-,26?/m0/s1. The van der Waals surface area contributed by atoms with Crippen LogP contribution in [0.25, 0.3) is 11.2 Å². The number of hydrogen-bond donors (Lipinski definition) is 3. The van der Waals surface area contributed by atoms with E-state index in [1.165, 1.54) is 69.4 Å². The second-order valence-electron chi connectivity index (χ2n) is 9.16. The zero-order valence-electron chi connectivity index (χ0n) is 21.5. The summed E-state index contributed by atoms with van der Waals surface area (Å²) >= 11 is 0. The van der Waals surface area contributed by atoms with Gasteiger partial charge in [-0.15, -0.1) is 6.42 Å². The molecule has 0 saturated carbocycles. The van der Waals surface area contributed by atoms with Gasteiger partial charge in [-0.1, -0.05) is 77.1 Å². The van der Waals surface area contributed by atoms with E-state index in [0.29, 0.717) is 6.42 Å². The van der Waals surface area contributed by atoms with Crippen molar-refractivity contribution in [2.24, 2.45) is 0 Å².